The molecule has 1 atom stereocenters. The van der Waals surface area contributed by atoms with Crippen molar-refractivity contribution in [2.24, 2.45) is 5.92 Å². The van der Waals surface area contributed by atoms with Crippen LogP contribution >= 0.6 is 0 Å². The van der Waals surface area contributed by atoms with Gasteiger partial charge in [0.15, 0.2) is 0 Å². The molecule has 0 radical (unpaired) electrons. The lowest BCUT2D eigenvalue weighted by molar-refractivity contribution is 0.0420. The van der Waals surface area contributed by atoms with E-state index in [1.165, 1.54) is 64.0 Å². The van der Waals surface area contributed by atoms with Crippen molar-refractivity contribution in [2.45, 2.75) is 44.7 Å². The standard InChI is InChI=1S/C26H44N4O/c1-23-8-14-29(15-9-23)25-10-12-28(13-11-25)22-26(24-6-4-3-5-7-24)30-18-16-27(17-19-30)20-21-31-2/h3-7,23,25-26H,8-22H2,1-2H3. The van der Waals surface area contributed by atoms with E-state index in [0.29, 0.717) is 6.04 Å². The first-order chi connectivity index (χ1) is 15.2. The van der Waals surface area contributed by atoms with Gasteiger partial charge in [-0.2, -0.15) is 0 Å². The number of likely N-dealkylation sites (tertiary alicyclic amines) is 2. The van der Waals surface area contributed by atoms with Crippen molar-refractivity contribution in [3.05, 3.63) is 35.9 Å². The van der Waals surface area contributed by atoms with Gasteiger partial charge in [0.2, 0.25) is 0 Å². The second-order valence-corrected chi connectivity index (χ2v) is 10.0. The van der Waals surface area contributed by atoms with Crippen LogP contribution < -0.4 is 0 Å². The van der Waals surface area contributed by atoms with E-state index in [9.17, 15) is 0 Å². The van der Waals surface area contributed by atoms with Gasteiger partial charge in [0.05, 0.1) is 6.61 Å². The van der Waals surface area contributed by atoms with Crippen molar-refractivity contribution < 1.29 is 4.74 Å². The maximum absolute atomic E-state index is 5.28. The van der Waals surface area contributed by atoms with Crippen LogP contribution in [0.4, 0.5) is 0 Å². The fourth-order valence-electron chi connectivity index (χ4n) is 5.73. The second-order valence-electron chi connectivity index (χ2n) is 10.0. The quantitative estimate of drug-likeness (QED) is 0.632. The lowest BCUT2D eigenvalue weighted by Crippen LogP contribution is -2.52. The number of rotatable bonds is 8. The highest BCUT2D eigenvalue weighted by Gasteiger charge is 2.30. The van der Waals surface area contributed by atoms with Crippen LogP contribution in [0.25, 0.3) is 0 Å². The van der Waals surface area contributed by atoms with Gasteiger partial charge in [-0.05, 0) is 63.3 Å². The number of hydrogen-bond donors (Lipinski definition) is 0. The summed E-state index contributed by atoms with van der Waals surface area (Å²) in [7, 11) is 1.80. The summed E-state index contributed by atoms with van der Waals surface area (Å²) in [5, 5.41) is 0. The Morgan fingerprint density at radius 1 is 0.839 bits per heavy atom. The zero-order valence-electron chi connectivity index (χ0n) is 19.9. The Labute approximate surface area is 190 Å². The highest BCUT2D eigenvalue weighted by atomic mass is 16.5. The van der Waals surface area contributed by atoms with Gasteiger partial charge in [0, 0.05) is 58.5 Å². The van der Waals surface area contributed by atoms with Gasteiger partial charge in [-0.1, -0.05) is 37.3 Å². The third kappa shape index (κ3) is 6.52. The van der Waals surface area contributed by atoms with Crippen molar-refractivity contribution >= 4 is 0 Å². The third-order valence-corrected chi connectivity index (χ3v) is 7.97. The van der Waals surface area contributed by atoms with Crippen molar-refractivity contribution in [1.29, 1.82) is 0 Å². The minimum atomic E-state index is 0.512. The average Bonchev–Trinajstić information content (AvgIpc) is 2.83. The van der Waals surface area contributed by atoms with Gasteiger partial charge < -0.3 is 14.5 Å². The van der Waals surface area contributed by atoms with Gasteiger partial charge in [-0.15, -0.1) is 0 Å². The minimum Gasteiger partial charge on any atom is -0.383 e. The SMILES string of the molecule is COCCN1CCN(C(CN2CCC(N3CCC(C)CC3)CC2)c2ccccc2)CC1. The number of hydrogen-bond acceptors (Lipinski definition) is 5. The lowest BCUT2D eigenvalue weighted by atomic mass is 9.94. The van der Waals surface area contributed by atoms with Crippen LogP contribution in [0.1, 0.15) is 44.2 Å². The molecule has 0 aromatic heterocycles. The van der Waals surface area contributed by atoms with E-state index in [1.807, 2.05) is 0 Å². The summed E-state index contributed by atoms with van der Waals surface area (Å²) >= 11 is 0. The largest absolute Gasteiger partial charge is 0.383 e. The Bertz CT molecular complexity index is 618. The van der Waals surface area contributed by atoms with E-state index in [2.05, 4.69) is 56.9 Å². The highest BCUT2D eigenvalue weighted by molar-refractivity contribution is 5.20. The number of benzene rings is 1. The van der Waals surface area contributed by atoms with Crippen molar-refractivity contribution in [3.8, 4) is 0 Å². The van der Waals surface area contributed by atoms with E-state index in [0.717, 1.165) is 51.3 Å². The molecule has 4 rings (SSSR count). The molecule has 0 amide bonds. The predicted molar refractivity (Wildman–Crippen MR) is 129 cm³/mol. The Balaban J connectivity index is 1.31. The molecule has 5 nitrogen and oxygen atoms in total. The van der Waals surface area contributed by atoms with Crippen LogP contribution in [0, 0.1) is 5.92 Å². The molecule has 0 saturated carbocycles. The summed E-state index contributed by atoms with van der Waals surface area (Å²) in [6.07, 6.45) is 5.49. The Hall–Kier alpha value is -0.980. The predicted octanol–water partition coefficient (Wildman–Crippen LogP) is 3.19. The molecule has 5 heteroatoms. The first kappa shape index (κ1) is 23.2. The van der Waals surface area contributed by atoms with Gasteiger partial charge in [0.1, 0.15) is 0 Å². The van der Waals surface area contributed by atoms with E-state index in [1.54, 1.807) is 7.11 Å². The molecule has 3 aliphatic rings. The third-order valence-electron chi connectivity index (χ3n) is 7.97. The maximum atomic E-state index is 5.28. The smallest absolute Gasteiger partial charge is 0.0589 e. The minimum absolute atomic E-state index is 0.512. The number of piperazine rings is 1. The van der Waals surface area contributed by atoms with Crippen molar-refractivity contribution in [1.82, 2.24) is 19.6 Å². The summed E-state index contributed by atoms with van der Waals surface area (Å²) in [5.74, 6) is 0.929. The zero-order chi connectivity index (χ0) is 21.5. The number of ether oxygens (including phenoxy) is 1. The van der Waals surface area contributed by atoms with Gasteiger partial charge in [-0.3, -0.25) is 9.80 Å². The molecule has 3 fully saturated rings. The number of methoxy groups -OCH3 is 1. The molecule has 31 heavy (non-hydrogen) atoms. The van der Waals surface area contributed by atoms with Crippen molar-refractivity contribution in [2.75, 3.05) is 79.2 Å². The van der Waals surface area contributed by atoms with Gasteiger partial charge in [0.25, 0.3) is 0 Å². The topological polar surface area (TPSA) is 22.2 Å². The Kier molecular flexibility index (Phi) is 8.79. The zero-order valence-corrected chi connectivity index (χ0v) is 19.9. The Morgan fingerprint density at radius 2 is 1.52 bits per heavy atom. The monoisotopic (exact) mass is 428 g/mol. The first-order valence-corrected chi connectivity index (χ1v) is 12.7. The fraction of sp³-hybridized carbons (Fsp3) is 0.769. The van der Waals surface area contributed by atoms with E-state index < -0.39 is 0 Å². The Morgan fingerprint density at radius 3 is 2.16 bits per heavy atom. The van der Waals surface area contributed by atoms with Gasteiger partial charge in [-0.25, -0.2) is 0 Å². The molecule has 1 aromatic carbocycles. The van der Waals surface area contributed by atoms with E-state index in [-0.39, 0.29) is 0 Å². The van der Waals surface area contributed by atoms with Crippen LogP contribution in [0.5, 0.6) is 0 Å². The van der Waals surface area contributed by atoms with Crippen LogP contribution in [-0.4, -0.2) is 105 Å². The van der Waals surface area contributed by atoms with Crippen LogP contribution in [0.2, 0.25) is 0 Å². The maximum Gasteiger partial charge on any atom is 0.0589 e. The van der Waals surface area contributed by atoms with Crippen LogP contribution in [0.3, 0.4) is 0 Å². The summed E-state index contributed by atoms with van der Waals surface area (Å²) in [6, 6.07) is 12.6. The molecule has 3 saturated heterocycles. The van der Waals surface area contributed by atoms with E-state index in [4.69, 9.17) is 4.74 Å². The summed E-state index contributed by atoms with van der Waals surface area (Å²) in [5.41, 5.74) is 1.49. The molecule has 1 unspecified atom stereocenters. The van der Waals surface area contributed by atoms with Gasteiger partial charge >= 0.3 is 0 Å². The highest BCUT2D eigenvalue weighted by Crippen LogP contribution is 2.27. The summed E-state index contributed by atoms with van der Waals surface area (Å²) < 4.78 is 5.28. The molecule has 1 aromatic rings. The second kappa shape index (κ2) is 11.8. The molecule has 3 aliphatic heterocycles. The first-order valence-electron chi connectivity index (χ1n) is 12.7. The average molecular weight is 429 g/mol. The molecule has 174 valence electrons. The fourth-order valence-corrected chi connectivity index (χ4v) is 5.73. The van der Waals surface area contributed by atoms with Crippen LogP contribution in [-0.2, 0) is 4.74 Å². The molecule has 0 aliphatic carbocycles. The molecule has 3 heterocycles. The molecule has 0 spiro atoms. The lowest BCUT2D eigenvalue weighted by Gasteiger charge is -2.44. The molecule has 0 N–H and O–H groups in total. The number of piperidine rings is 2. The van der Waals surface area contributed by atoms with Crippen LogP contribution in [0.15, 0.2) is 30.3 Å². The number of nitrogens with zero attached hydrogens (tertiary/aromatic N) is 4. The van der Waals surface area contributed by atoms with Crippen molar-refractivity contribution in [3.63, 3.8) is 0 Å². The van der Waals surface area contributed by atoms with E-state index >= 15 is 0 Å². The normalized spacial score (nSPS) is 25.1. The summed E-state index contributed by atoms with van der Waals surface area (Å²) in [6.45, 7) is 15.3. The molecule has 0 bridgehead atoms. The summed E-state index contributed by atoms with van der Waals surface area (Å²) in [4.78, 5) is 10.8. The molecular weight excluding hydrogens is 384 g/mol. The molecular formula is C26H44N4O.